The molecule has 0 aliphatic carbocycles. The smallest absolute Gasteiger partial charge is 0.320 e. The van der Waals surface area contributed by atoms with Crippen molar-refractivity contribution in [2.45, 2.75) is 12.5 Å². The number of nitrogens with two attached hydrogens (primary N) is 1. The number of ether oxygens (including phenoxy) is 1. The van der Waals surface area contributed by atoms with Crippen molar-refractivity contribution in [2.75, 3.05) is 7.11 Å². The Morgan fingerprint density at radius 1 is 1.24 bits per heavy atom. The molecular formula is C18H17N3O4. The number of aromatic nitrogens is 2. The molecule has 7 heteroatoms. The Labute approximate surface area is 144 Å². The molecule has 0 unspecified atom stereocenters. The van der Waals surface area contributed by atoms with Crippen molar-refractivity contribution in [2.24, 2.45) is 5.73 Å². The van der Waals surface area contributed by atoms with Crippen LogP contribution in [0.15, 0.2) is 53.1 Å². The Balaban J connectivity index is 1.79. The largest absolute Gasteiger partial charge is 0.497 e. The predicted octanol–water partition coefficient (Wildman–Crippen LogP) is 2.37. The lowest BCUT2D eigenvalue weighted by atomic mass is 10.0. The number of hydrogen-bond donors (Lipinski definition) is 2. The van der Waals surface area contributed by atoms with Gasteiger partial charge < -0.3 is 20.1 Å². The number of benzene rings is 2. The summed E-state index contributed by atoms with van der Waals surface area (Å²) in [6, 6.07) is 13.7. The lowest BCUT2D eigenvalue weighted by Gasteiger charge is -2.06. The van der Waals surface area contributed by atoms with Crippen molar-refractivity contribution in [3.8, 4) is 28.6 Å². The fraction of sp³-hybridized carbons (Fsp3) is 0.167. The third-order valence-electron chi connectivity index (χ3n) is 3.73. The summed E-state index contributed by atoms with van der Waals surface area (Å²) in [7, 11) is 1.59. The van der Waals surface area contributed by atoms with E-state index >= 15 is 0 Å². The van der Waals surface area contributed by atoms with Crippen LogP contribution >= 0.6 is 0 Å². The summed E-state index contributed by atoms with van der Waals surface area (Å²) in [5.74, 6) is 0.527. The molecule has 0 saturated heterocycles. The zero-order chi connectivity index (χ0) is 17.8. The molecule has 0 saturated carbocycles. The standard InChI is InChI=1S/C18H17N3O4/c1-24-14-4-2-3-13(10-14)17-20-16(21-25-17)12-7-5-11(6-8-12)9-15(19)18(22)23/h2-8,10,15H,9,19H2,1H3,(H,22,23)/t15-/m0/s1. The second-order valence-electron chi connectivity index (χ2n) is 5.50. The molecule has 0 aliphatic rings. The molecule has 25 heavy (non-hydrogen) atoms. The highest BCUT2D eigenvalue weighted by atomic mass is 16.5. The summed E-state index contributed by atoms with van der Waals surface area (Å²) in [4.78, 5) is 15.2. The van der Waals surface area contributed by atoms with Gasteiger partial charge in [0.2, 0.25) is 5.82 Å². The number of nitrogens with zero attached hydrogens (tertiary/aromatic N) is 2. The van der Waals surface area contributed by atoms with E-state index in [0.29, 0.717) is 17.5 Å². The van der Waals surface area contributed by atoms with E-state index in [1.807, 2.05) is 36.4 Å². The first-order chi connectivity index (χ1) is 12.1. The van der Waals surface area contributed by atoms with Crippen LogP contribution in [0, 0.1) is 0 Å². The lowest BCUT2D eigenvalue weighted by Crippen LogP contribution is -2.32. The minimum absolute atomic E-state index is 0.261. The van der Waals surface area contributed by atoms with Gasteiger partial charge in [-0.05, 0) is 30.2 Å². The summed E-state index contributed by atoms with van der Waals surface area (Å²) in [5, 5.41) is 12.8. The number of aliphatic carboxylic acids is 1. The zero-order valence-electron chi connectivity index (χ0n) is 13.5. The Morgan fingerprint density at radius 3 is 2.68 bits per heavy atom. The Morgan fingerprint density at radius 2 is 2.00 bits per heavy atom. The van der Waals surface area contributed by atoms with Gasteiger partial charge in [-0.15, -0.1) is 0 Å². The highest BCUT2D eigenvalue weighted by Crippen LogP contribution is 2.25. The monoisotopic (exact) mass is 339 g/mol. The lowest BCUT2D eigenvalue weighted by molar-refractivity contribution is -0.138. The molecule has 3 aromatic rings. The van der Waals surface area contributed by atoms with E-state index in [2.05, 4.69) is 10.1 Å². The van der Waals surface area contributed by atoms with E-state index in [1.54, 1.807) is 19.2 Å². The van der Waals surface area contributed by atoms with Crippen molar-refractivity contribution in [3.63, 3.8) is 0 Å². The highest BCUT2D eigenvalue weighted by Gasteiger charge is 2.14. The van der Waals surface area contributed by atoms with Gasteiger partial charge in [0.15, 0.2) is 0 Å². The van der Waals surface area contributed by atoms with E-state index < -0.39 is 12.0 Å². The van der Waals surface area contributed by atoms with Gasteiger partial charge in [0.1, 0.15) is 11.8 Å². The van der Waals surface area contributed by atoms with Crippen LogP contribution in [-0.2, 0) is 11.2 Å². The molecule has 1 aromatic heterocycles. The van der Waals surface area contributed by atoms with Gasteiger partial charge in [-0.2, -0.15) is 4.98 Å². The number of rotatable bonds is 6. The Bertz CT molecular complexity index is 874. The molecule has 1 atom stereocenters. The van der Waals surface area contributed by atoms with Crippen LogP contribution in [0.1, 0.15) is 5.56 Å². The van der Waals surface area contributed by atoms with Gasteiger partial charge in [0, 0.05) is 11.1 Å². The van der Waals surface area contributed by atoms with E-state index in [4.69, 9.17) is 20.1 Å². The van der Waals surface area contributed by atoms with Gasteiger partial charge in [0.05, 0.1) is 7.11 Å². The molecule has 0 aliphatic heterocycles. The molecule has 0 radical (unpaired) electrons. The Kier molecular flexibility index (Phi) is 4.76. The fourth-order valence-electron chi connectivity index (χ4n) is 2.35. The van der Waals surface area contributed by atoms with Crippen LogP contribution in [0.2, 0.25) is 0 Å². The maximum Gasteiger partial charge on any atom is 0.320 e. The third-order valence-corrected chi connectivity index (χ3v) is 3.73. The van der Waals surface area contributed by atoms with E-state index in [1.165, 1.54) is 0 Å². The zero-order valence-corrected chi connectivity index (χ0v) is 13.5. The van der Waals surface area contributed by atoms with Crippen molar-refractivity contribution in [1.82, 2.24) is 10.1 Å². The summed E-state index contributed by atoms with van der Waals surface area (Å²) < 4.78 is 10.5. The number of carbonyl (C=O) groups is 1. The van der Waals surface area contributed by atoms with E-state index in [9.17, 15) is 4.79 Å². The van der Waals surface area contributed by atoms with Crippen LogP contribution in [-0.4, -0.2) is 34.4 Å². The maximum atomic E-state index is 10.8. The first-order valence-corrected chi connectivity index (χ1v) is 7.62. The second kappa shape index (κ2) is 7.14. The molecule has 0 amide bonds. The molecule has 2 aromatic carbocycles. The van der Waals surface area contributed by atoms with Gasteiger partial charge in [-0.3, -0.25) is 4.79 Å². The van der Waals surface area contributed by atoms with Gasteiger partial charge >= 0.3 is 5.97 Å². The average molecular weight is 339 g/mol. The average Bonchev–Trinajstić information content (AvgIpc) is 3.12. The quantitative estimate of drug-likeness (QED) is 0.709. The van der Waals surface area contributed by atoms with Crippen LogP contribution in [0.25, 0.3) is 22.8 Å². The van der Waals surface area contributed by atoms with Crippen molar-refractivity contribution in [1.29, 1.82) is 0 Å². The van der Waals surface area contributed by atoms with Crippen LogP contribution in [0.4, 0.5) is 0 Å². The van der Waals surface area contributed by atoms with E-state index in [-0.39, 0.29) is 6.42 Å². The molecule has 3 N–H and O–H groups in total. The summed E-state index contributed by atoms with van der Waals surface area (Å²) in [6.07, 6.45) is 0.261. The summed E-state index contributed by atoms with van der Waals surface area (Å²) in [6.45, 7) is 0. The van der Waals surface area contributed by atoms with Crippen molar-refractivity contribution < 1.29 is 19.2 Å². The van der Waals surface area contributed by atoms with Crippen LogP contribution in [0.5, 0.6) is 5.75 Å². The normalized spacial score (nSPS) is 11.9. The van der Waals surface area contributed by atoms with Crippen molar-refractivity contribution in [3.05, 3.63) is 54.1 Å². The predicted molar refractivity (Wildman–Crippen MR) is 91.0 cm³/mol. The molecule has 7 nitrogen and oxygen atoms in total. The van der Waals surface area contributed by atoms with Gasteiger partial charge in [-0.1, -0.05) is 35.5 Å². The molecule has 3 rings (SSSR count). The molecule has 128 valence electrons. The van der Waals surface area contributed by atoms with Gasteiger partial charge in [0.25, 0.3) is 5.89 Å². The first kappa shape index (κ1) is 16.7. The second-order valence-corrected chi connectivity index (χ2v) is 5.50. The highest BCUT2D eigenvalue weighted by molar-refractivity contribution is 5.73. The molecule has 0 bridgehead atoms. The van der Waals surface area contributed by atoms with E-state index in [0.717, 1.165) is 16.7 Å². The molecular weight excluding hydrogens is 322 g/mol. The van der Waals surface area contributed by atoms with Gasteiger partial charge in [-0.25, -0.2) is 0 Å². The topological polar surface area (TPSA) is 111 Å². The molecule has 0 fully saturated rings. The minimum Gasteiger partial charge on any atom is -0.497 e. The molecule has 1 heterocycles. The summed E-state index contributed by atoms with van der Waals surface area (Å²) in [5.41, 5.74) is 7.90. The Hall–Kier alpha value is -3.19. The minimum atomic E-state index is -1.02. The van der Waals surface area contributed by atoms with Crippen molar-refractivity contribution >= 4 is 5.97 Å². The SMILES string of the molecule is COc1cccc(-c2nc(-c3ccc(C[C@H](N)C(=O)O)cc3)no2)c1. The number of carboxylic acids is 1. The van der Waals surface area contributed by atoms with Crippen LogP contribution < -0.4 is 10.5 Å². The number of carboxylic acid groups (broad SMARTS) is 1. The third kappa shape index (κ3) is 3.84. The first-order valence-electron chi connectivity index (χ1n) is 7.62. The number of methoxy groups -OCH3 is 1. The fourth-order valence-corrected chi connectivity index (χ4v) is 2.35. The van der Waals surface area contributed by atoms with Crippen LogP contribution in [0.3, 0.4) is 0 Å². The maximum absolute atomic E-state index is 10.8. The summed E-state index contributed by atoms with van der Waals surface area (Å²) >= 11 is 0. The number of hydrogen-bond acceptors (Lipinski definition) is 6. The molecule has 0 spiro atoms.